The number of nitrogen functional groups attached to an aromatic ring is 1. The third kappa shape index (κ3) is 3.12. The van der Waals surface area contributed by atoms with Crippen molar-refractivity contribution in [3.8, 4) is 0 Å². The molecule has 0 aliphatic rings. The molecular weight excluding hydrogens is 258 g/mol. The van der Waals surface area contributed by atoms with E-state index in [1.54, 1.807) is 18.2 Å². The lowest BCUT2D eigenvalue weighted by atomic mass is 10.1. The van der Waals surface area contributed by atoms with Crippen LogP contribution in [0.4, 0.5) is 10.8 Å². The Morgan fingerprint density at radius 1 is 1.42 bits per heavy atom. The number of nitrogens with two attached hydrogens (primary N) is 1. The van der Waals surface area contributed by atoms with Crippen molar-refractivity contribution in [2.24, 2.45) is 0 Å². The third-order valence-electron chi connectivity index (χ3n) is 2.83. The first kappa shape index (κ1) is 13.5. The number of aromatic nitrogens is 1. The van der Waals surface area contributed by atoms with Gasteiger partial charge in [0.15, 0.2) is 5.13 Å². The number of thiazole rings is 1. The van der Waals surface area contributed by atoms with Crippen LogP contribution < -0.4 is 11.1 Å². The highest BCUT2D eigenvalue weighted by Gasteiger charge is 2.12. The van der Waals surface area contributed by atoms with Gasteiger partial charge in [-0.2, -0.15) is 0 Å². The Labute approximate surface area is 116 Å². The van der Waals surface area contributed by atoms with Crippen LogP contribution in [0.1, 0.15) is 41.4 Å². The summed E-state index contributed by atoms with van der Waals surface area (Å²) in [6.45, 7) is 6.02. The van der Waals surface area contributed by atoms with Crippen LogP contribution in [-0.2, 0) is 0 Å². The first-order chi connectivity index (χ1) is 8.97. The van der Waals surface area contributed by atoms with Crippen molar-refractivity contribution in [2.45, 2.75) is 26.7 Å². The molecule has 0 fully saturated rings. The number of hydrogen-bond acceptors (Lipinski definition) is 4. The standard InChI is InChI=1S/C14H17N3OS/c1-8(2)12-7-19-14(16-12)17-13(18)11-5-4-10(15)6-9(11)3/h4-8H,15H2,1-3H3,(H,16,17,18). The van der Waals surface area contributed by atoms with Gasteiger partial charge in [0.25, 0.3) is 5.91 Å². The minimum Gasteiger partial charge on any atom is -0.399 e. The van der Waals surface area contributed by atoms with Gasteiger partial charge in [-0.05, 0) is 36.6 Å². The Balaban J connectivity index is 2.16. The minimum absolute atomic E-state index is 0.151. The number of nitrogens with zero attached hydrogens (tertiary/aromatic N) is 1. The van der Waals surface area contributed by atoms with Crippen LogP contribution >= 0.6 is 11.3 Å². The summed E-state index contributed by atoms with van der Waals surface area (Å²) in [7, 11) is 0. The summed E-state index contributed by atoms with van der Waals surface area (Å²) in [5, 5.41) is 5.42. The lowest BCUT2D eigenvalue weighted by Crippen LogP contribution is -2.13. The molecule has 1 aromatic heterocycles. The van der Waals surface area contributed by atoms with E-state index in [9.17, 15) is 4.79 Å². The smallest absolute Gasteiger partial charge is 0.257 e. The number of aryl methyl sites for hydroxylation is 1. The Morgan fingerprint density at radius 2 is 2.16 bits per heavy atom. The van der Waals surface area contributed by atoms with Gasteiger partial charge in [0.05, 0.1) is 5.69 Å². The van der Waals surface area contributed by atoms with Crippen molar-refractivity contribution >= 4 is 28.1 Å². The van der Waals surface area contributed by atoms with E-state index in [0.29, 0.717) is 22.3 Å². The number of carbonyl (C=O) groups excluding carboxylic acids is 1. The van der Waals surface area contributed by atoms with Crippen LogP contribution in [-0.4, -0.2) is 10.9 Å². The molecular formula is C14H17N3OS. The van der Waals surface area contributed by atoms with Gasteiger partial charge in [-0.3, -0.25) is 10.1 Å². The molecule has 0 spiro atoms. The van der Waals surface area contributed by atoms with Crippen molar-refractivity contribution in [1.82, 2.24) is 4.98 Å². The average molecular weight is 275 g/mol. The number of nitrogens with one attached hydrogen (secondary N) is 1. The van der Waals surface area contributed by atoms with Gasteiger partial charge in [0.2, 0.25) is 0 Å². The maximum atomic E-state index is 12.1. The highest BCUT2D eigenvalue weighted by atomic mass is 32.1. The summed E-state index contributed by atoms with van der Waals surface area (Å²) in [4.78, 5) is 16.5. The summed E-state index contributed by atoms with van der Waals surface area (Å²) >= 11 is 1.44. The second-order valence-corrected chi connectivity index (χ2v) is 5.62. The number of amides is 1. The molecule has 19 heavy (non-hydrogen) atoms. The van der Waals surface area contributed by atoms with Crippen molar-refractivity contribution < 1.29 is 4.79 Å². The first-order valence-electron chi connectivity index (χ1n) is 6.10. The number of carbonyl (C=O) groups is 1. The van der Waals surface area contributed by atoms with Gasteiger partial charge in [0, 0.05) is 16.6 Å². The number of rotatable bonds is 3. The molecule has 0 saturated heterocycles. The first-order valence-corrected chi connectivity index (χ1v) is 6.98. The van der Waals surface area contributed by atoms with Crippen molar-refractivity contribution in [1.29, 1.82) is 0 Å². The Bertz CT molecular complexity index is 604. The van der Waals surface area contributed by atoms with Crippen molar-refractivity contribution in [3.05, 3.63) is 40.4 Å². The van der Waals surface area contributed by atoms with Gasteiger partial charge in [-0.1, -0.05) is 13.8 Å². The molecule has 0 radical (unpaired) electrons. The van der Waals surface area contributed by atoms with Crippen molar-refractivity contribution in [3.63, 3.8) is 0 Å². The highest BCUT2D eigenvalue weighted by Crippen LogP contribution is 2.22. The van der Waals surface area contributed by atoms with Crippen LogP contribution in [0.3, 0.4) is 0 Å². The molecule has 2 aromatic rings. The molecule has 0 bridgehead atoms. The second kappa shape index (κ2) is 5.40. The Morgan fingerprint density at radius 3 is 2.74 bits per heavy atom. The summed E-state index contributed by atoms with van der Waals surface area (Å²) in [5.74, 6) is 0.210. The monoisotopic (exact) mass is 275 g/mol. The van der Waals surface area contributed by atoms with Gasteiger partial charge < -0.3 is 5.73 Å². The van der Waals surface area contributed by atoms with Gasteiger partial charge in [-0.15, -0.1) is 11.3 Å². The SMILES string of the molecule is Cc1cc(N)ccc1C(=O)Nc1nc(C(C)C)cs1. The van der Waals surface area contributed by atoms with Gasteiger partial charge in [0.1, 0.15) is 0 Å². The lowest BCUT2D eigenvalue weighted by Gasteiger charge is -2.06. The molecule has 0 aliphatic carbocycles. The quantitative estimate of drug-likeness (QED) is 0.843. The molecule has 1 heterocycles. The van der Waals surface area contributed by atoms with Crippen LogP contribution in [0.15, 0.2) is 23.6 Å². The zero-order valence-electron chi connectivity index (χ0n) is 11.2. The van der Waals surface area contributed by atoms with E-state index in [1.165, 1.54) is 11.3 Å². The van der Waals surface area contributed by atoms with E-state index in [4.69, 9.17) is 5.73 Å². The minimum atomic E-state index is -0.151. The maximum Gasteiger partial charge on any atom is 0.257 e. The van der Waals surface area contributed by atoms with E-state index in [0.717, 1.165) is 11.3 Å². The second-order valence-electron chi connectivity index (χ2n) is 4.76. The van der Waals surface area contributed by atoms with Crippen LogP contribution in [0, 0.1) is 6.92 Å². The summed E-state index contributed by atoms with van der Waals surface area (Å²) < 4.78 is 0. The number of benzene rings is 1. The lowest BCUT2D eigenvalue weighted by molar-refractivity contribution is 0.102. The van der Waals surface area contributed by atoms with Crippen LogP contribution in [0.25, 0.3) is 0 Å². The fourth-order valence-corrected chi connectivity index (χ4v) is 2.58. The fraction of sp³-hybridized carbons (Fsp3) is 0.286. The zero-order valence-corrected chi connectivity index (χ0v) is 12.0. The van der Waals surface area contributed by atoms with Crippen molar-refractivity contribution in [2.75, 3.05) is 11.1 Å². The van der Waals surface area contributed by atoms with E-state index in [1.807, 2.05) is 12.3 Å². The third-order valence-corrected chi connectivity index (χ3v) is 3.60. The summed E-state index contributed by atoms with van der Waals surface area (Å²) in [5.41, 5.74) is 8.81. The van der Waals surface area contributed by atoms with Crippen LogP contribution in [0.2, 0.25) is 0 Å². The molecule has 100 valence electrons. The van der Waals surface area contributed by atoms with E-state index >= 15 is 0 Å². The van der Waals surface area contributed by atoms with Gasteiger partial charge >= 0.3 is 0 Å². The summed E-state index contributed by atoms with van der Waals surface area (Å²) in [6.07, 6.45) is 0. The highest BCUT2D eigenvalue weighted by molar-refractivity contribution is 7.14. The molecule has 0 atom stereocenters. The Kier molecular flexibility index (Phi) is 3.85. The number of anilines is 2. The van der Waals surface area contributed by atoms with E-state index in [2.05, 4.69) is 24.1 Å². The zero-order chi connectivity index (χ0) is 14.0. The molecule has 3 N–H and O–H groups in total. The largest absolute Gasteiger partial charge is 0.399 e. The molecule has 0 unspecified atom stereocenters. The molecule has 4 nitrogen and oxygen atoms in total. The molecule has 5 heteroatoms. The molecule has 1 amide bonds. The molecule has 0 saturated carbocycles. The summed E-state index contributed by atoms with van der Waals surface area (Å²) in [6, 6.07) is 5.25. The van der Waals surface area contributed by atoms with Crippen LogP contribution in [0.5, 0.6) is 0 Å². The normalized spacial score (nSPS) is 10.7. The topological polar surface area (TPSA) is 68.0 Å². The molecule has 2 rings (SSSR count). The predicted molar refractivity (Wildman–Crippen MR) is 79.7 cm³/mol. The van der Waals surface area contributed by atoms with E-state index in [-0.39, 0.29) is 5.91 Å². The fourth-order valence-electron chi connectivity index (χ4n) is 1.71. The Hall–Kier alpha value is -1.88. The molecule has 0 aliphatic heterocycles. The van der Waals surface area contributed by atoms with Gasteiger partial charge in [-0.25, -0.2) is 4.98 Å². The molecule has 1 aromatic carbocycles. The average Bonchev–Trinajstić information content (AvgIpc) is 2.77. The maximum absolute atomic E-state index is 12.1. The predicted octanol–water partition coefficient (Wildman–Crippen LogP) is 3.41. The number of hydrogen-bond donors (Lipinski definition) is 2. The van der Waals surface area contributed by atoms with E-state index < -0.39 is 0 Å².